The van der Waals surface area contributed by atoms with Gasteiger partial charge in [-0.2, -0.15) is 0 Å². The van der Waals surface area contributed by atoms with Crippen LogP contribution in [-0.4, -0.2) is 59.8 Å². The lowest BCUT2D eigenvalue weighted by Crippen LogP contribution is -2.53. The third-order valence-electron chi connectivity index (χ3n) is 5.10. The summed E-state index contributed by atoms with van der Waals surface area (Å²) in [4.78, 5) is 40.3. The Morgan fingerprint density at radius 1 is 1.21 bits per heavy atom. The third-order valence-corrected chi connectivity index (χ3v) is 5.10. The summed E-state index contributed by atoms with van der Waals surface area (Å²) < 4.78 is 15.9. The fraction of sp³-hybridized carbons (Fsp3) is 0.571. The average molecular weight is 404 g/mol. The van der Waals surface area contributed by atoms with Gasteiger partial charge in [0.05, 0.1) is 18.2 Å². The van der Waals surface area contributed by atoms with Gasteiger partial charge in [-0.15, -0.1) is 0 Å². The molecular weight excluding hydrogens is 376 g/mol. The highest BCUT2D eigenvalue weighted by Gasteiger charge is 2.37. The molecule has 2 heterocycles. The molecule has 3 rings (SSSR count). The lowest BCUT2D eigenvalue weighted by Gasteiger charge is -2.41. The van der Waals surface area contributed by atoms with Crippen LogP contribution in [0.15, 0.2) is 12.1 Å². The van der Waals surface area contributed by atoms with Crippen molar-refractivity contribution < 1.29 is 28.6 Å². The summed E-state index contributed by atoms with van der Waals surface area (Å²) in [6, 6.07) is 3.15. The summed E-state index contributed by atoms with van der Waals surface area (Å²) in [5.74, 6) is -0.337. The molecule has 29 heavy (non-hydrogen) atoms. The molecule has 0 bridgehead atoms. The predicted molar refractivity (Wildman–Crippen MR) is 105 cm³/mol. The van der Waals surface area contributed by atoms with E-state index in [0.29, 0.717) is 18.7 Å². The second kappa shape index (κ2) is 7.93. The number of amides is 2. The van der Waals surface area contributed by atoms with Crippen LogP contribution in [0.4, 0.5) is 9.59 Å². The Kier molecular flexibility index (Phi) is 5.73. The van der Waals surface area contributed by atoms with E-state index in [1.807, 2.05) is 33.8 Å². The zero-order chi connectivity index (χ0) is 21.3. The minimum atomic E-state index is -0.605. The van der Waals surface area contributed by atoms with Crippen LogP contribution in [0.25, 0.3) is 0 Å². The summed E-state index contributed by atoms with van der Waals surface area (Å²) in [6.07, 6.45) is -0.836. The largest absolute Gasteiger partial charge is 0.457 e. The van der Waals surface area contributed by atoms with Crippen molar-refractivity contribution in [1.82, 2.24) is 9.80 Å². The van der Waals surface area contributed by atoms with Crippen molar-refractivity contribution >= 4 is 18.2 Å². The number of carbonyl (C=O) groups is 3. The fourth-order valence-corrected chi connectivity index (χ4v) is 3.69. The van der Waals surface area contributed by atoms with Gasteiger partial charge in [-0.25, -0.2) is 14.4 Å². The van der Waals surface area contributed by atoms with Gasteiger partial charge in [0.25, 0.3) is 0 Å². The van der Waals surface area contributed by atoms with E-state index in [1.54, 1.807) is 22.8 Å². The number of hydrogen-bond donors (Lipinski definition) is 0. The van der Waals surface area contributed by atoms with E-state index in [2.05, 4.69) is 0 Å². The van der Waals surface area contributed by atoms with E-state index in [-0.39, 0.29) is 25.7 Å². The molecule has 1 fully saturated rings. The lowest BCUT2D eigenvalue weighted by molar-refractivity contribution is 0.00193. The van der Waals surface area contributed by atoms with Gasteiger partial charge >= 0.3 is 18.2 Å². The molecule has 0 unspecified atom stereocenters. The van der Waals surface area contributed by atoms with Crippen molar-refractivity contribution in [2.75, 3.05) is 26.2 Å². The molecule has 0 N–H and O–H groups in total. The second-order valence-corrected chi connectivity index (χ2v) is 8.22. The summed E-state index contributed by atoms with van der Waals surface area (Å²) in [5.41, 5.74) is 2.52. The maximum Gasteiger partial charge on any atom is 0.410 e. The van der Waals surface area contributed by atoms with Gasteiger partial charge in [0.2, 0.25) is 0 Å². The first-order chi connectivity index (χ1) is 13.6. The van der Waals surface area contributed by atoms with Gasteiger partial charge in [-0.05, 0) is 51.8 Å². The summed E-state index contributed by atoms with van der Waals surface area (Å²) in [7, 11) is 0. The number of hydrogen-bond acceptors (Lipinski definition) is 6. The van der Waals surface area contributed by atoms with E-state index in [0.717, 1.165) is 16.7 Å². The summed E-state index contributed by atoms with van der Waals surface area (Å²) in [6.45, 7) is 10.6. The summed E-state index contributed by atoms with van der Waals surface area (Å²) >= 11 is 0. The number of carbonyl (C=O) groups excluding carboxylic acids is 3. The van der Waals surface area contributed by atoms with Crippen molar-refractivity contribution in [3.63, 3.8) is 0 Å². The Morgan fingerprint density at radius 3 is 2.59 bits per heavy atom. The van der Waals surface area contributed by atoms with Crippen LogP contribution in [0, 0.1) is 6.92 Å². The van der Waals surface area contributed by atoms with Gasteiger partial charge in [-0.3, -0.25) is 4.90 Å². The predicted octanol–water partition coefficient (Wildman–Crippen LogP) is 3.42. The third kappa shape index (κ3) is 4.31. The number of piperazine rings is 1. The Morgan fingerprint density at radius 2 is 1.93 bits per heavy atom. The van der Waals surface area contributed by atoms with Crippen LogP contribution in [-0.2, 0) is 20.8 Å². The van der Waals surface area contributed by atoms with E-state index >= 15 is 0 Å². The molecule has 1 aromatic rings. The molecule has 8 heteroatoms. The quantitative estimate of drug-likeness (QED) is 0.555. The minimum Gasteiger partial charge on any atom is -0.457 e. The highest BCUT2D eigenvalue weighted by molar-refractivity contribution is 5.94. The van der Waals surface area contributed by atoms with Crippen molar-refractivity contribution in [3.05, 3.63) is 34.4 Å². The molecule has 0 radical (unpaired) electrons. The lowest BCUT2D eigenvalue weighted by atomic mass is 9.92. The Balaban J connectivity index is 1.93. The number of benzene rings is 1. The maximum absolute atomic E-state index is 12.6. The van der Waals surface area contributed by atoms with E-state index in [1.165, 1.54) is 0 Å². The molecule has 0 spiro atoms. The Labute approximate surface area is 170 Å². The maximum atomic E-state index is 12.6. The van der Waals surface area contributed by atoms with Gasteiger partial charge in [0.1, 0.15) is 12.2 Å². The highest BCUT2D eigenvalue weighted by atomic mass is 16.6. The van der Waals surface area contributed by atoms with E-state index in [4.69, 9.17) is 14.2 Å². The van der Waals surface area contributed by atoms with Gasteiger partial charge in [0, 0.05) is 25.2 Å². The Hall–Kier alpha value is -2.77. The SMILES string of the molecule is CCOC(=O)N1CCN(C(=O)OC(C)(C)C)C[C@H]1c1ccc2c(c1C)COC2=O. The van der Waals surface area contributed by atoms with Crippen molar-refractivity contribution in [3.8, 4) is 0 Å². The van der Waals surface area contributed by atoms with Gasteiger partial charge < -0.3 is 19.1 Å². The standard InChI is InChI=1S/C21H28N2O6/c1-6-27-20(26)23-10-9-22(19(25)29-21(3,4)5)11-17(23)14-7-8-15-16(13(14)2)12-28-18(15)24/h7-8,17H,6,9-12H2,1-5H3/t17-/m0/s1. The van der Waals surface area contributed by atoms with Crippen LogP contribution >= 0.6 is 0 Å². The first-order valence-electron chi connectivity index (χ1n) is 9.83. The van der Waals surface area contributed by atoms with E-state index < -0.39 is 23.8 Å². The zero-order valence-electron chi connectivity index (χ0n) is 17.6. The molecule has 2 amide bonds. The minimum absolute atomic E-state index is 0.218. The summed E-state index contributed by atoms with van der Waals surface area (Å²) in [5, 5.41) is 0. The molecule has 2 aliphatic heterocycles. The molecule has 8 nitrogen and oxygen atoms in total. The number of fused-ring (bicyclic) bond motifs is 1. The first-order valence-corrected chi connectivity index (χ1v) is 9.83. The molecule has 0 aliphatic carbocycles. The van der Waals surface area contributed by atoms with E-state index in [9.17, 15) is 14.4 Å². The van der Waals surface area contributed by atoms with Crippen LogP contribution in [0.5, 0.6) is 0 Å². The zero-order valence-corrected chi connectivity index (χ0v) is 17.6. The topological polar surface area (TPSA) is 85.4 Å². The average Bonchev–Trinajstić information content (AvgIpc) is 3.02. The molecule has 2 aliphatic rings. The van der Waals surface area contributed by atoms with Gasteiger partial charge in [-0.1, -0.05) is 6.07 Å². The van der Waals surface area contributed by atoms with Crippen LogP contribution in [0.2, 0.25) is 0 Å². The number of cyclic esters (lactones) is 1. The fourth-order valence-electron chi connectivity index (χ4n) is 3.69. The number of esters is 1. The highest BCUT2D eigenvalue weighted by Crippen LogP contribution is 2.34. The molecule has 0 aromatic heterocycles. The van der Waals surface area contributed by atoms with Gasteiger partial charge in [0.15, 0.2) is 0 Å². The molecule has 1 saturated heterocycles. The smallest absolute Gasteiger partial charge is 0.410 e. The second-order valence-electron chi connectivity index (χ2n) is 8.22. The number of rotatable bonds is 2. The monoisotopic (exact) mass is 404 g/mol. The van der Waals surface area contributed by atoms with Crippen LogP contribution in [0.3, 0.4) is 0 Å². The Bertz CT molecular complexity index is 829. The molecule has 0 saturated carbocycles. The van der Waals surface area contributed by atoms with Crippen LogP contribution < -0.4 is 0 Å². The normalized spacial score (nSPS) is 18.9. The van der Waals surface area contributed by atoms with Crippen molar-refractivity contribution in [1.29, 1.82) is 0 Å². The number of nitrogens with zero attached hydrogens (tertiary/aromatic N) is 2. The molecular formula is C21H28N2O6. The first kappa shape index (κ1) is 21.0. The van der Waals surface area contributed by atoms with Crippen molar-refractivity contribution in [2.24, 2.45) is 0 Å². The van der Waals surface area contributed by atoms with Crippen LogP contribution in [0.1, 0.15) is 60.8 Å². The molecule has 1 atom stereocenters. The number of ether oxygens (including phenoxy) is 3. The molecule has 1 aromatic carbocycles. The van der Waals surface area contributed by atoms with Crippen molar-refractivity contribution in [2.45, 2.75) is 52.9 Å². The molecule has 158 valence electrons.